The summed E-state index contributed by atoms with van der Waals surface area (Å²) in [6.45, 7) is 8.09. The number of nitrogens with one attached hydrogen (secondary N) is 11. The lowest BCUT2D eigenvalue weighted by Crippen LogP contribution is -2.59. The molecule has 15 N–H and O–H groups in total. The van der Waals surface area contributed by atoms with Gasteiger partial charge in [0, 0.05) is 75.6 Å². The summed E-state index contributed by atoms with van der Waals surface area (Å²) in [6.07, 6.45) is 2.69. The topological polar surface area (TPSA) is 394 Å². The van der Waals surface area contributed by atoms with Crippen molar-refractivity contribution in [3.63, 3.8) is 0 Å². The van der Waals surface area contributed by atoms with E-state index < -0.39 is 114 Å². The van der Waals surface area contributed by atoms with Crippen molar-refractivity contribution in [3.8, 4) is 5.75 Å². The Hall–Kier alpha value is -8.13. The zero-order valence-electron chi connectivity index (χ0n) is 45.5. The van der Waals surface area contributed by atoms with E-state index in [1.54, 1.807) is 37.4 Å². The highest BCUT2D eigenvalue weighted by Crippen LogP contribution is 2.23. The van der Waals surface area contributed by atoms with Crippen LogP contribution in [0.2, 0.25) is 0 Å². The molecule has 2 heterocycles. The second-order valence-electron chi connectivity index (χ2n) is 19.5. The van der Waals surface area contributed by atoms with Gasteiger partial charge in [-0.25, -0.2) is 0 Å². The van der Waals surface area contributed by atoms with Gasteiger partial charge in [0.05, 0.1) is 26.1 Å². The average molecular weight is 1100 g/mol. The first-order valence-corrected chi connectivity index (χ1v) is 26.3. The smallest absolute Gasteiger partial charge is 0.243 e. The number of primary amides is 1. The van der Waals surface area contributed by atoms with Gasteiger partial charge in [-0.2, -0.15) is 0 Å². The zero-order chi connectivity index (χ0) is 58.1. The van der Waals surface area contributed by atoms with Crippen molar-refractivity contribution in [1.82, 2.24) is 58.2 Å². The number of aryl methyl sites for hydroxylation is 1. The molecule has 1 aliphatic rings. The van der Waals surface area contributed by atoms with Crippen LogP contribution in [-0.2, 0) is 70.3 Å². The summed E-state index contributed by atoms with van der Waals surface area (Å²) >= 11 is 0. The number of rotatable bonds is 32. The number of hydrogen-bond donors (Lipinski definition) is 13. The third-order valence-electron chi connectivity index (χ3n) is 12.9. The molecule has 1 aromatic heterocycles. The van der Waals surface area contributed by atoms with E-state index in [0.29, 0.717) is 62.3 Å². The standard InChI is InChI=1S/C53H77N13O13/c1-6-38(63-52(77)42(26-43(55)69)62-44(70)28-57-33(4)68)50(75)65-41(25-35-27-58-47-31(2)10-9-11-37(35)47)51(76)64-39(12-7-8-20-56-32(3)67)48(73)59-29-45(71)61-40(24-34-13-15-36(16-14-34)79-23-19-54)49(74)60-30-46(72)66-53(5)17-21-78-22-18-53/h9-11,13-16,27,38-42,58H,6-8,12,17-26,28-30,54H2,1-5H3,(H2,55,69)(H,56,67)(H,57,68)(H,59,73)(H,60,74)(H,61,71)(H,62,70)(H,63,77)(H,64,76)(H,65,75)(H,66,72). The minimum atomic E-state index is -1.53. The molecular weight excluding hydrogens is 1030 g/mol. The molecule has 0 spiro atoms. The number of carbonyl (C=O) groups is 11. The zero-order valence-corrected chi connectivity index (χ0v) is 45.5. The summed E-state index contributed by atoms with van der Waals surface area (Å²) in [6, 6.07) is 5.47. The minimum absolute atomic E-state index is 0.00156. The van der Waals surface area contributed by atoms with Crippen molar-refractivity contribution >= 4 is 75.9 Å². The lowest BCUT2D eigenvalue weighted by atomic mass is 9.92. The largest absolute Gasteiger partial charge is 0.492 e. The molecule has 0 saturated carbocycles. The van der Waals surface area contributed by atoms with Gasteiger partial charge >= 0.3 is 0 Å². The fourth-order valence-corrected chi connectivity index (χ4v) is 8.50. The van der Waals surface area contributed by atoms with Gasteiger partial charge in [0.15, 0.2) is 0 Å². The van der Waals surface area contributed by atoms with Gasteiger partial charge in [0.2, 0.25) is 65.0 Å². The SMILES string of the molecule is CCC(NC(=O)C(CC(N)=O)NC(=O)CNC(C)=O)C(=O)NC(Cc1c[nH]c2c(C)cccc12)C(=O)NC(CCCCNC(C)=O)C(=O)NCC(=O)NC(Cc1ccc(OCCN)cc1)C(=O)NCC(=O)NC1(C)CCOCC1. The number of benzene rings is 2. The van der Waals surface area contributed by atoms with Gasteiger partial charge in [0.1, 0.15) is 42.6 Å². The second-order valence-corrected chi connectivity index (χ2v) is 19.5. The molecule has 11 amide bonds. The number of nitrogens with two attached hydrogens (primary N) is 2. The highest BCUT2D eigenvalue weighted by Gasteiger charge is 2.33. The highest BCUT2D eigenvalue weighted by molar-refractivity contribution is 5.98. The normalized spacial score (nSPS) is 14.6. The molecule has 26 heteroatoms. The molecule has 26 nitrogen and oxygen atoms in total. The molecule has 0 radical (unpaired) electrons. The quantitative estimate of drug-likeness (QED) is 0.0292. The molecule has 0 aliphatic carbocycles. The van der Waals surface area contributed by atoms with Gasteiger partial charge in [-0.05, 0) is 81.2 Å². The van der Waals surface area contributed by atoms with Crippen molar-refractivity contribution in [3.05, 3.63) is 65.4 Å². The number of ether oxygens (including phenoxy) is 2. The van der Waals surface area contributed by atoms with Crippen LogP contribution in [0.4, 0.5) is 0 Å². The first kappa shape index (κ1) is 63.4. The predicted molar refractivity (Wildman–Crippen MR) is 289 cm³/mol. The van der Waals surface area contributed by atoms with E-state index in [1.807, 2.05) is 32.0 Å². The van der Waals surface area contributed by atoms with Crippen molar-refractivity contribution in [2.45, 2.75) is 128 Å². The number of carbonyl (C=O) groups excluding carboxylic acids is 11. The lowest BCUT2D eigenvalue weighted by molar-refractivity contribution is -0.135. The Morgan fingerprint density at radius 1 is 0.671 bits per heavy atom. The molecule has 4 rings (SSSR count). The van der Waals surface area contributed by atoms with Crippen LogP contribution in [0.15, 0.2) is 48.7 Å². The summed E-state index contributed by atoms with van der Waals surface area (Å²) < 4.78 is 11.0. The van der Waals surface area contributed by atoms with Gasteiger partial charge in [-0.15, -0.1) is 0 Å². The van der Waals surface area contributed by atoms with Crippen LogP contribution in [0, 0.1) is 6.92 Å². The fourth-order valence-electron chi connectivity index (χ4n) is 8.50. The maximum atomic E-state index is 14.6. The van der Waals surface area contributed by atoms with Crippen molar-refractivity contribution in [1.29, 1.82) is 0 Å². The number of fused-ring (bicyclic) bond motifs is 1. The number of H-pyrrole nitrogens is 1. The third-order valence-corrected chi connectivity index (χ3v) is 12.9. The molecule has 1 aliphatic heterocycles. The number of aromatic nitrogens is 1. The summed E-state index contributed by atoms with van der Waals surface area (Å²) in [5.41, 5.74) is 13.3. The highest BCUT2D eigenvalue weighted by atomic mass is 16.5. The minimum Gasteiger partial charge on any atom is -0.492 e. The Bertz CT molecular complexity index is 2620. The van der Waals surface area contributed by atoms with Gasteiger partial charge in [0.25, 0.3) is 0 Å². The number of unbranched alkanes of at least 4 members (excludes halogenated alkanes) is 1. The van der Waals surface area contributed by atoms with Crippen molar-refractivity contribution in [2.24, 2.45) is 11.5 Å². The molecule has 5 atom stereocenters. The van der Waals surface area contributed by atoms with Crippen molar-refractivity contribution < 1.29 is 62.2 Å². The molecule has 432 valence electrons. The number of para-hydroxylation sites is 1. The van der Waals surface area contributed by atoms with E-state index >= 15 is 0 Å². The lowest BCUT2D eigenvalue weighted by Gasteiger charge is -2.34. The van der Waals surface area contributed by atoms with E-state index in [1.165, 1.54) is 13.8 Å². The average Bonchev–Trinajstić information content (AvgIpc) is 3.85. The third kappa shape index (κ3) is 22.0. The van der Waals surface area contributed by atoms with Gasteiger partial charge < -0.3 is 79.1 Å². The Morgan fingerprint density at radius 2 is 1.24 bits per heavy atom. The van der Waals surface area contributed by atoms with Gasteiger partial charge in [-0.3, -0.25) is 52.7 Å². The maximum Gasteiger partial charge on any atom is 0.243 e. The first-order chi connectivity index (χ1) is 37.6. The Balaban J connectivity index is 1.55. The molecule has 1 saturated heterocycles. The fraction of sp³-hybridized carbons (Fsp3) is 0.528. The second kappa shape index (κ2) is 31.9. The number of hydrogen-bond acceptors (Lipinski definition) is 14. The predicted octanol–water partition coefficient (Wildman–Crippen LogP) is -2.33. The van der Waals surface area contributed by atoms with Crippen LogP contribution in [-0.4, -0.2) is 158 Å². The van der Waals surface area contributed by atoms with Crippen LogP contribution in [0.5, 0.6) is 5.75 Å². The van der Waals surface area contributed by atoms with Crippen LogP contribution in [0.25, 0.3) is 10.9 Å². The molecule has 0 bridgehead atoms. The molecule has 79 heavy (non-hydrogen) atoms. The van der Waals surface area contributed by atoms with Crippen LogP contribution < -0.4 is 69.4 Å². The molecule has 3 aromatic rings. The molecule has 2 aromatic carbocycles. The maximum absolute atomic E-state index is 14.6. The molecular formula is C53H77N13O13. The Morgan fingerprint density at radius 3 is 1.87 bits per heavy atom. The van der Waals surface area contributed by atoms with Crippen molar-refractivity contribution in [2.75, 3.05) is 52.5 Å². The number of aromatic amines is 1. The summed E-state index contributed by atoms with van der Waals surface area (Å²) in [5.74, 6) is -7.36. The van der Waals surface area contributed by atoms with Gasteiger partial charge in [-0.1, -0.05) is 37.3 Å². The van der Waals surface area contributed by atoms with E-state index in [4.69, 9.17) is 20.9 Å². The van der Waals surface area contributed by atoms with Crippen LogP contribution in [0.1, 0.15) is 89.3 Å². The summed E-state index contributed by atoms with van der Waals surface area (Å²) in [4.78, 5) is 147. The van der Waals surface area contributed by atoms with E-state index in [0.717, 1.165) is 16.5 Å². The monoisotopic (exact) mass is 1100 g/mol. The Kier molecular flexibility index (Phi) is 25.6. The summed E-state index contributed by atoms with van der Waals surface area (Å²) in [7, 11) is 0. The van der Waals surface area contributed by atoms with E-state index in [9.17, 15) is 52.7 Å². The van der Waals surface area contributed by atoms with Crippen LogP contribution in [0.3, 0.4) is 0 Å². The summed E-state index contributed by atoms with van der Waals surface area (Å²) in [5, 5.41) is 26.7. The molecule has 1 fully saturated rings. The first-order valence-electron chi connectivity index (χ1n) is 26.3. The van der Waals surface area contributed by atoms with E-state index in [2.05, 4.69) is 58.2 Å². The number of amides is 11. The van der Waals surface area contributed by atoms with Crippen LogP contribution >= 0.6 is 0 Å². The van der Waals surface area contributed by atoms with E-state index in [-0.39, 0.29) is 51.3 Å². The molecule has 5 unspecified atom stereocenters. The Labute approximate surface area is 458 Å².